The van der Waals surface area contributed by atoms with E-state index in [1.165, 1.54) is 6.92 Å². The first-order chi connectivity index (χ1) is 9.19. The highest BCUT2D eigenvalue weighted by Crippen LogP contribution is 2.12. The van der Waals surface area contributed by atoms with Crippen molar-refractivity contribution < 1.29 is 22.8 Å². The first-order valence-electron chi connectivity index (χ1n) is 5.91. The molecule has 4 nitrogen and oxygen atoms in total. The fourth-order valence-corrected chi connectivity index (χ4v) is 1.47. The zero-order chi connectivity index (χ0) is 15.3. The van der Waals surface area contributed by atoms with Crippen molar-refractivity contribution in [2.75, 3.05) is 6.54 Å². The number of benzene rings is 1. The first kappa shape index (κ1) is 16.0. The second-order valence-corrected chi connectivity index (χ2v) is 4.40. The fourth-order valence-electron chi connectivity index (χ4n) is 1.47. The maximum absolute atomic E-state index is 11.9. The van der Waals surface area contributed by atoms with E-state index in [1.54, 1.807) is 36.5 Å². The Balaban J connectivity index is 2.55. The Morgan fingerprint density at radius 2 is 1.95 bits per heavy atom. The smallest absolute Gasteiger partial charge is 0.345 e. The minimum absolute atomic E-state index is 0.348. The Labute approximate surface area is 114 Å². The van der Waals surface area contributed by atoms with Gasteiger partial charge in [0.25, 0.3) is 5.91 Å². The summed E-state index contributed by atoms with van der Waals surface area (Å²) < 4.78 is 35.8. The van der Waals surface area contributed by atoms with Gasteiger partial charge in [0.15, 0.2) is 0 Å². The quantitative estimate of drug-likeness (QED) is 0.887. The van der Waals surface area contributed by atoms with Crippen LogP contribution >= 0.6 is 0 Å². The molecule has 0 saturated heterocycles. The van der Waals surface area contributed by atoms with E-state index in [4.69, 9.17) is 0 Å². The zero-order valence-corrected chi connectivity index (χ0v) is 11.0. The molecule has 20 heavy (non-hydrogen) atoms. The molecule has 0 saturated carbocycles. The van der Waals surface area contributed by atoms with Crippen molar-refractivity contribution in [1.82, 2.24) is 10.6 Å². The van der Waals surface area contributed by atoms with Gasteiger partial charge in [-0.1, -0.05) is 17.7 Å². The van der Waals surface area contributed by atoms with Gasteiger partial charge in [-0.05, 0) is 26.0 Å². The van der Waals surface area contributed by atoms with E-state index in [9.17, 15) is 22.8 Å². The standard InChI is InChI=1S/C13H15F3N2O2/c1-8-4-3-5-10(6-8)12(20)18-9(2)11(19)17-7-13(14,15)16/h3-6,9H,7H2,1-2H3,(H,17,19)(H,18,20). The molecule has 2 amide bonds. The van der Waals surface area contributed by atoms with Crippen LogP contribution in [-0.2, 0) is 4.79 Å². The third-order valence-electron chi connectivity index (χ3n) is 2.48. The van der Waals surface area contributed by atoms with Gasteiger partial charge in [-0.2, -0.15) is 13.2 Å². The van der Waals surface area contributed by atoms with E-state index in [0.717, 1.165) is 5.56 Å². The molecule has 0 radical (unpaired) electrons. The van der Waals surface area contributed by atoms with Gasteiger partial charge in [-0.15, -0.1) is 0 Å². The highest BCUT2D eigenvalue weighted by Gasteiger charge is 2.29. The van der Waals surface area contributed by atoms with Crippen molar-refractivity contribution in [1.29, 1.82) is 0 Å². The molecule has 0 aliphatic heterocycles. The topological polar surface area (TPSA) is 58.2 Å². The van der Waals surface area contributed by atoms with Crippen LogP contribution in [0.5, 0.6) is 0 Å². The molecular formula is C13H15F3N2O2. The molecule has 1 atom stereocenters. The maximum Gasteiger partial charge on any atom is 0.405 e. The van der Waals surface area contributed by atoms with Crippen LogP contribution in [0.4, 0.5) is 13.2 Å². The fraction of sp³-hybridized carbons (Fsp3) is 0.385. The normalized spacial score (nSPS) is 12.7. The second kappa shape index (κ2) is 6.40. The van der Waals surface area contributed by atoms with Crippen molar-refractivity contribution in [3.63, 3.8) is 0 Å². The van der Waals surface area contributed by atoms with Crippen molar-refractivity contribution in [3.8, 4) is 0 Å². The van der Waals surface area contributed by atoms with E-state index >= 15 is 0 Å². The van der Waals surface area contributed by atoms with Crippen molar-refractivity contribution in [2.45, 2.75) is 26.1 Å². The van der Waals surface area contributed by atoms with E-state index in [1.807, 2.05) is 0 Å². The molecule has 1 unspecified atom stereocenters. The average molecular weight is 288 g/mol. The highest BCUT2D eigenvalue weighted by molar-refractivity contribution is 5.97. The minimum atomic E-state index is -4.48. The number of hydrogen-bond donors (Lipinski definition) is 2. The Bertz CT molecular complexity index is 501. The van der Waals surface area contributed by atoms with E-state index in [-0.39, 0.29) is 0 Å². The summed E-state index contributed by atoms with van der Waals surface area (Å²) >= 11 is 0. The summed E-state index contributed by atoms with van der Waals surface area (Å²) in [6, 6.07) is 5.61. The number of nitrogens with one attached hydrogen (secondary N) is 2. The number of aryl methyl sites for hydroxylation is 1. The molecule has 1 aromatic rings. The average Bonchev–Trinajstić information content (AvgIpc) is 2.34. The first-order valence-corrected chi connectivity index (χ1v) is 5.91. The molecule has 7 heteroatoms. The van der Waals surface area contributed by atoms with Crippen LogP contribution in [-0.4, -0.2) is 30.6 Å². The molecule has 0 aliphatic carbocycles. The predicted octanol–water partition coefficient (Wildman–Crippen LogP) is 1.79. The summed E-state index contributed by atoms with van der Waals surface area (Å²) in [5.41, 5.74) is 1.22. The maximum atomic E-state index is 11.9. The Morgan fingerprint density at radius 3 is 2.50 bits per heavy atom. The third kappa shape index (κ3) is 5.29. The number of hydrogen-bond acceptors (Lipinski definition) is 2. The van der Waals surface area contributed by atoms with Crippen LogP contribution < -0.4 is 10.6 Å². The predicted molar refractivity (Wildman–Crippen MR) is 67.2 cm³/mol. The summed E-state index contributed by atoms with van der Waals surface area (Å²) in [4.78, 5) is 23.2. The summed E-state index contributed by atoms with van der Waals surface area (Å²) in [5, 5.41) is 4.05. The third-order valence-corrected chi connectivity index (χ3v) is 2.48. The van der Waals surface area contributed by atoms with Crippen LogP contribution in [0.15, 0.2) is 24.3 Å². The Morgan fingerprint density at radius 1 is 1.30 bits per heavy atom. The molecule has 0 spiro atoms. The molecule has 0 heterocycles. The van der Waals surface area contributed by atoms with Crippen LogP contribution in [0.3, 0.4) is 0 Å². The SMILES string of the molecule is Cc1cccc(C(=O)NC(C)C(=O)NCC(F)(F)F)c1. The lowest BCUT2D eigenvalue weighted by Gasteiger charge is -2.15. The van der Waals surface area contributed by atoms with Gasteiger partial charge in [0.05, 0.1) is 0 Å². The number of carbonyl (C=O) groups is 2. The van der Waals surface area contributed by atoms with E-state index in [2.05, 4.69) is 5.32 Å². The molecule has 2 N–H and O–H groups in total. The largest absolute Gasteiger partial charge is 0.405 e. The lowest BCUT2D eigenvalue weighted by atomic mass is 10.1. The number of carbonyl (C=O) groups excluding carboxylic acids is 2. The summed E-state index contributed by atoms with van der Waals surface area (Å²) in [6.07, 6.45) is -4.48. The summed E-state index contributed by atoms with van der Waals surface area (Å²) in [7, 11) is 0. The second-order valence-electron chi connectivity index (χ2n) is 4.40. The number of rotatable bonds is 4. The van der Waals surface area contributed by atoms with Crippen LogP contribution in [0.1, 0.15) is 22.8 Å². The van der Waals surface area contributed by atoms with Crippen molar-refractivity contribution in [3.05, 3.63) is 35.4 Å². The Hall–Kier alpha value is -2.05. The van der Waals surface area contributed by atoms with Gasteiger partial charge in [-0.25, -0.2) is 0 Å². The lowest BCUT2D eigenvalue weighted by Crippen LogP contribution is -2.47. The molecule has 1 rings (SSSR count). The van der Waals surface area contributed by atoms with Gasteiger partial charge < -0.3 is 10.6 Å². The monoisotopic (exact) mass is 288 g/mol. The van der Waals surface area contributed by atoms with Gasteiger partial charge in [-0.3, -0.25) is 9.59 Å². The van der Waals surface area contributed by atoms with Crippen molar-refractivity contribution in [2.24, 2.45) is 0 Å². The van der Waals surface area contributed by atoms with Crippen molar-refractivity contribution >= 4 is 11.8 Å². The zero-order valence-electron chi connectivity index (χ0n) is 11.0. The van der Waals surface area contributed by atoms with Crippen LogP contribution in [0.2, 0.25) is 0 Å². The van der Waals surface area contributed by atoms with E-state index < -0.39 is 30.6 Å². The van der Waals surface area contributed by atoms with Gasteiger partial charge >= 0.3 is 6.18 Å². The molecule has 0 aromatic heterocycles. The van der Waals surface area contributed by atoms with Crippen LogP contribution in [0.25, 0.3) is 0 Å². The summed E-state index contributed by atoms with van der Waals surface area (Å²) in [6.45, 7) is 1.70. The minimum Gasteiger partial charge on any atom is -0.345 e. The van der Waals surface area contributed by atoms with Crippen LogP contribution in [0, 0.1) is 6.92 Å². The molecule has 110 valence electrons. The molecule has 0 bridgehead atoms. The molecular weight excluding hydrogens is 273 g/mol. The Kier molecular flexibility index (Phi) is 5.12. The van der Waals surface area contributed by atoms with Gasteiger partial charge in [0.1, 0.15) is 12.6 Å². The van der Waals surface area contributed by atoms with Gasteiger partial charge in [0, 0.05) is 5.56 Å². The molecule has 1 aromatic carbocycles. The summed E-state index contributed by atoms with van der Waals surface area (Å²) in [5.74, 6) is -1.40. The number of alkyl halides is 3. The lowest BCUT2D eigenvalue weighted by molar-refractivity contribution is -0.139. The molecule has 0 aliphatic rings. The van der Waals surface area contributed by atoms with E-state index in [0.29, 0.717) is 5.56 Å². The highest BCUT2D eigenvalue weighted by atomic mass is 19.4. The number of halogens is 3. The number of amides is 2. The van der Waals surface area contributed by atoms with Gasteiger partial charge in [0.2, 0.25) is 5.91 Å². The molecule has 0 fully saturated rings.